The Morgan fingerprint density at radius 2 is 1.95 bits per heavy atom. The maximum Gasteiger partial charge on any atom is 0.339 e. The average molecular weight is 299 g/mol. The molecular formula is C15H13N3O2S. The molecule has 1 aromatic carbocycles. The van der Waals surface area contributed by atoms with Gasteiger partial charge in [-0.25, -0.2) is 14.5 Å². The maximum absolute atomic E-state index is 11.4. The summed E-state index contributed by atoms with van der Waals surface area (Å²) < 4.78 is 1.60. The summed E-state index contributed by atoms with van der Waals surface area (Å²) in [6.45, 7) is 4.00. The van der Waals surface area contributed by atoms with Crippen molar-refractivity contribution >= 4 is 17.3 Å². The van der Waals surface area contributed by atoms with Crippen LogP contribution in [0.5, 0.6) is 0 Å². The normalized spacial score (nSPS) is 10.8. The molecule has 2 aromatic heterocycles. The second-order valence-electron chi connectivity index (χ2n) is 4.82. The molecule has 0 unspecified atom stereocenters. The van der Waals surface area contributed by atoms with E-state index in [9.17, 15) is 9.90 Å². The van der Waals surface area contributed by atoms with Crippen molar-refractivity contribution in [1.29, 1.82) is 0 Å². The molecule has 0 aliphatic rings. The number of carbonyl (C=O) groups is 1. The molecule has 3 aromatic rings. The van der Waals surface area contributed by atoms with Crippen LogP contribution >= 0.6 is 11.3 Å². The lowest BCUT2D eigenvalue weighted by Crippen LogP contribution is -1.96. The van der Waals surface area contributed by atoms with E-state index in [0.717, 1.165) is 16.8 Å². The first-order valence-corrected chi connectivity index (χ1v) is 7.24. The topological polar surface area (TPSA) is 68.0 Å². The molecule has 1 N–H and O–H groups in total. The first-order chi connectivity index (χ1) is 10.0. The minimum Gasteiger partial charge on any atom is -0.478 e. The number of carboxylic acid groups (broad SMARTS) is 1. The Bertz CT molecular complexity index is 786. The Hall–Kier alpha value is -2.47. The lowest BCUT2D eigenvalue weighted by atomic mass is 10.1. The zero-order chi connectivity index (χ0) is 15.0. The van der Waals surface area contributed by atoms with E-state index in [0.29, 0.717) is 10.7 Å². The van der Waals surface area contributed by atoms with Gasteiger partial charge in [0.25, 0.3) is 0 Å². The molecule has 0 bridgehead atoms. The van der Waals surface area contributed by atoms with Gasteiger partial charge in [-0.1, -0.05) is 6.07 Å². The fourth-order valence-electron chi connectivity index (χ4n) is 2.24. The van der Waals surface area contributed by atoms with Gasteiger partial charge in [-0.3, -0.25) is 0 Å². The lowest BCUT2D eigenvalue weighted by Gasteiger charge is -2.04. The monoisotopic (exact) mass is 299 g/mol. The van der Waals surface area contributed by atoms with E-state index < -0.39 is 5.97 Å². The highest BCUT2D eigenvalue weighted by Crippen LogP contribution is 2.26. The van der Waals surface area contributed by atoms with Crippen LogP contribution in [0.2, 0.25) is 0 Å². The standard InChI is InChI=1S/C15H13N3O2S/c1-9-5-10(2)7-11(6-9)18-8-12(15(19)20)13(17-18)14-16-3-4-21-14/h3-8H,1-2H3,(H,19,20). The number of benzene rings is 1. The molecule has 0 saturated heterocycles. The number of nitrogens with zero attached hydrogens (tertiary/aromatic N) is 3. The molecule has 106 valence electrons. The van der Waals surface area contributed by atoms with Crippen LogP contribution in [0.15, 0.2) is 36.0 Å². The highest BCUT2D eigenvalue weighted by molar-refractivity contribution is 7.13. The lowest BCUT2D eigenvalue weighted by molar-refractivity contribution is 0.0697. The fourth-order valence-corrected chi connectivity index (χ4v) is 2.88. The molecule has 0 saturated carbocycles. The van der Waals surface area contributed by atoms with Gasteiger partial charge in [-0.05, 0) is 37.1 Å². The summed E-state index contributed by atoms with van der Waals surface area (Å²) in [4.78, 5) is 15.6. The summed E-state index contributed by atoms with van der Waals surface area (Å²) in [5.74, 6) is -1.00. The SMILES string of the molecule is Cc1cc(C)cc(-n2cc(C(=O)O)c(-c3nccs3)n2)c1. The number of hydrogen-bond donors (Lipinski definition) is 1. The van der Waals surface area contributed by atoms with Crippen molar-refractivity contribution in [3.05, 3.63) is 52.7 Å². The van der Waals surface area contributed by atoms with Crippen LogP contribution in [0.1, 0.15) is 21.5 Å². The molecular weight excluding hydrogens is 286 g/mol. The van der Waals surface area contributed by atoms with Gasteiger partial charge >= 0.3 is 5.97 Å². The van der Waals surface area contributed by atoms with Crippen molar-refractivity contribution in [2.75, 3.05) is 0 Å². The third-order valence-electron chi connectivity index (χ3n) is 3.05. The van der Waals surface area contributed by atoms with Crippen molar-refractivity contribution in [2.24, 2.45) is 0 Å². The van der Waals surface area contributed by atoms with Gasteiger partial charge in [-0.2, -0.15) is 5.10 Å². The molecule has 0 aliphatic carbocycles. The van der Waals surface area contributed by atoms with E-state index in [1.165, 1.54) is 17.5 Å². The van der Waals surface area contributed by atoms with Crippen LogP contribution in [0.4, 0.5) is 0 Å². The Balaban J connectivity index is 2.17. The summed E-state index contributed by atoms with van der Waals surface area (Å²) in [7, 11) is 0. The molecule has 0 atom stereocenters. The van der Waals surface area contributed by atoms with E-state index in [1.54, 1.807) is 16.3 Å². The maximum atomic E-state index is 11.4. The van der Waals surface area contributed by atoms with Gasteiger partial charge in [0.05, 0.1) is 5.69 Å². The molecule has 21 heavy (non-hydrogen) atoms. The second-order valence-corrected chi connectivity index (χ2v) is 5.72. The molecule has 0 fully saturated rings. The smallest absolute Gasteiger partial charge is 0.339 e. The minimum absolute atomic E-state index is 0.157. The summed E-state index contributed by atoms with van der Waals surface area (Å²) in [6, 6.07) is 6.00. The van der Waals surface area contributed by atoms with E-state index in [1.807, 2.05) is 26.0 Å². The quantitative estimate of drug-likeness (QED) is 0.805. The van der Waals surface area contributed by atoms with Gasteiger partial charge < -0.3 is 5.11 Å². The molecule has 0 amide bonds. The average Bonchev–Trinajstić information content (AvgIpc) is 3.06. The Morgan fingerprint density at radius 3 is 2.52 bits per heavy atom. The zero-order valence-electron chi connectivity index (χ0n) is 11.6. The highest BCUT2D eigenvalue weighted by Gasteiger charge is 2.19. The minimum atomic E-state index is -1.00. The summed E-state index contributed by atoms with van der Waals surface area (Å²) in [5.41, 5.74) is 3.61. The zero-order valence-corrected chi connectivity index (χ0v) is 12.4. The number of rotatable bonds is 3. The van der Waals surface area contributed by atoms with Crippen molar-refractivity contribution in [3.8, 4) is 16.4 Å². The number of carboxylic acids is 1. The molecule has 3 rings (SSSR count). The summed E-state index contributed by atoms with van der Waals surface area (Å²) >= 11 is 1.37. The number of thiazole rings is 1. The molecule has 5 nitrogen and oxygen atoms in total. The van der Waals surface area contributed by atoms with Crippen molar-refractivity contribution in [2.45, 2.75) is 13.8 Å². The molecule has 0 radical (unpaired) electrons. The van der Waals surface area contributed by atoms with E-state index in [4.69, 9.17) is 0 Å². The Morgan fingerprint density at radius 1 is 1.24 bits per heavy atom. The van der Waals surface area contributed by atoms with E-state index in [-0.39, 0.29) is 5.56 Å². The number of aromatic carboxylic acids is 1. The van der Waals surface area contributed by atoms with Gasteiger partial charge in [-0.15, -0.1) is 11.3 Å². The largest absolute Gasteiger partial charge is 0.478 e. The van der Waals surface area contributed by atoms with Crippen molar-refractivity contribution in [1.82, 2.24) is 14.8 Å². The summed E-state index contributed by atoms with van der Waals surface area (Å²) in [6.07, 6.45) is 3.18. The van der Waals surface area contributed by atoms with E-state index >= 15 is 0 Å². The van der Waals surface area contributed by atoms with E-state index in [2.05, 4.69) is 16.1 Å². The number of aromatic nitrogens is 3. The van der Waals surface area contributed by atoms with Gasteiger partial charge in [0, 0.05) is 17.8 Å². The third kappa shape index (κ3) is 2.57. The molecule has 6 heteroatoms. The first kappa shape index (κ1) is 13.5. The fraction of sp³-hybridized carbons (Fsp3) is 0.133. The van der Waals surface area contributed by atoms with Crippen molar-refractivity contribution in [3.63, 3.8) is 0 Å². The van der Waals surface area contributed by atoms with Gasteiger partial charge in [0.1, 0.15) is 16.3 Å². The Kier molecular flexibility index (Phi) is 3.31. The first-order valence-electron chi connectivity index (χ1n) is 6.36. The predicted molar refractivity (Wildman–Crippen MR) is 81.1 cm³/mol. The van der Waals surface area contributed by atoms with Gasteiger partial charge in [0.2, 0.25) is 0 Å². The molecule has 2 heterocycles. The highest BCUT2D eigenvalue weighted by atomic mass is 32.1. The molecule has 0 aliphatic heterocycles. The number of aryl methyl sites for hydroxylation is 2. The number of hydrogen-bond acceptors (Lipinski definition) is 4. The van der Waals surface area contributed by atoms with Crippen molar-refractivity contribution < 1.29 is 9.90 Å². The molecule has 0 spiro atoms. The predicted octanol–water partition coefficient (Wildman–Crippen LogP) is 3.31. The Labute approximate surface area is 125 Å². The van der Waals surface area contributed by atoms with Crippen LogP contribution in [-0.4, -0.2) is 25.8 Å². The van der Waals surface area contributed by atoms with Crippen LogP contribution in [-0.2, 0) is 0 Å². The van der Waals surface area contributed by atoms with Crippen LogP contribution in [0.25, 0.3) is 16.4 Å². The van der Waals surface area contributed by atoms with Crippen LogP contribution in [0.3, 0.4) is 0 Å². The van der Waals surface area contributed by atoms with Crippen LogP contribution < -0.4 is 0 Å². The third-order valence-corrected chi connectivity index (χ3v) is 3.83. The second kappa shape index (κ2) is 5.14. The summed E-state index contributed by atoms with van der Waals surface area (Å²) in [5, 5.41) is 16.2. The van der Waals surface area contributed by atoms with Gasteiger partial charge in [0.15, 0.2) is 0 Å². The van der Waals surface area contributed by atoms with Crippen LogP contribution in [0, 0.1) is 13.8 Å².